The number of nitrogens with zero attached hydrogens (tertiary/aromatic N) is 2. The maximum atomic E-state index is 9.48. The normalized spacial score (nSPS) is 10.8. The Morgan fingerprint density at radius 3 is 2.47 bits per heavy atom. The van der Waals surface area contributed by atoms with E-state index >= 15 is 0 Å². The molecule has 6 heteroatoms. The third kappa shape index (κ3) is 2.03. The van der Waals surface area contributed by atoms with Crippen LogP contribution in [0.2, 0.25) is 0 Å². The zero-order valence-electron chi connectivity index (χ0n) is 10.2. The van der Waals surface area contributed by atoms with Crippen molar-refractivity contribution in [2.75, 3.05) is 12.4 Å². The number of phenols is 2. The van der Waals surface area contributed by atoms with Crippen molar-refractivity contribution < 1.29 is 10.2 Å². The topological polar surface area (TPSA) is 94.1 Å². The lowest BCUT2D eigenvalue weighted by Gasteiger charge is -1.99. The first-order valence-corrected chi connectivity index (χ1v) is 5.73. The number of H-pyrrole nitrogens is 1. The van der Waals surface area contributed by atoms with Crippen LogP contribution in [0.1, 0.15) is 0 Å². The Balaban J connectivity index is 2.14. The third-order valence-electron chi connectivity index (χ3n) is 2.78. The van der Waals surface area contributed by atoms with Gasteiger partial charge < -0.3 is 20.5 Å². The van der Waals surface area contributed by atoms with Gasteiger partial charge in [0, 0.05) is 18.7 Å². The molecule has 4 N–H and O–H groups in total. The molecule has 0 amide bonds. The zero-order valence-corrected chi connectivity index (χ0v) is 10.2. The van der Waals surface area contributed by atoms with E-state index in [4.69, 9.17) is 0 Å². The number of anilines is 1. The highest BCUT2D eigenvalue weighted by Gasteiger charge is 2.09. The van der Waals surface area contributed by atoms with Crippen LogP contribution in [-0.2, 0) is 0 Å². The van der Waals surface area contributed by atoms with Gasteiger partial charge >= 0.3 is 0 Å². The number of pyridine rings is 1. The minimum absolute atomic E-state index is 0.0145. The van der Waals surface area contributed by atoms with E-state index < -0.39 is 0 Å². The van der Waals surface area contributed by atoms with E-state index in [0.29, 0.717) is 17.0 Å². The fourth-order valence-electron chi connectivity index (χ4n) is 1.90. The molecule has 3 aromatic rings. The SMILES string of the molecule is CNc1ccc2[nH]c(-c3cc(O)cc(O)c3)nc2n1. The predicted octanol–water partition coefficient (Wildman–Crippen LogP) is 2.08. The summed E-state index contributed by atoms with van der Waals surface area (Å²) in [6, 6.07) is 8.02. The maximum Gasteiger partial charge on any atom is 0.180 e. The van der Waals surface area contributed by atoms with Crippen LogP contribution in [0, 0.1) is 0 Å². The summed E-state index contributed by atoms with van der Waals surface area (Å²) in [5.74, 6) is 1.24. The van der Waals surface area contributed by atoms with Crippen LogP contribution in [0.4, 0.5) is 5.82 Å². The molecule has 0 aliphatic heterocycles. The maximum absolute atomic E-state index is 9.48. The van der Waals surface area contributed by atoms with Gasteiger partial charge in [-0.2, -0.15) is 0 Å². The lowest BCUT2D eigenvalue weighted by Crippen LogP contribution is -1.91. The molecule has 1 aromatic carbocycles. The van der Waals surface area contributed by atoms with Crippen molar-refractivity contribution in [2.45, 2.75) is 0 Å². The molecular weight excluding hydrogens is 244 g/mol. The number of imidazole rings is 1. The molecule has 0 saturated carbocycles. The number of nitrogens with one attached hydrogen (secondary N) is 2. The summed E-state index contributed by atoms with van der Waals surface area (Å²) >= 11 is 0. The Morgan fingerprint density at radius 2 is 1.79 bits per heavy atom. The molecule has 2 heterocycles. The minimum atomic E-state index is -0.0145. The van der Waals surface area contributed by atoms with Gasteiger partial charge in [0.2, 0.25) is 0 Å². The molecule has 0 aliphatic carbocycles. The number of aromatic nitrogens is 3. The van der Waals surface area contributed by atoms with Crippen molar-refractivity contribution >= 4 is 17.0 Å². The molecule has 3 rings (SSSR count). The Bertz CT molecular complexity index is 731. The summed E-state index contributed by atoms with van der Waals surface area (Å²) in [6.07, 6.45) is 0. The molecule has 0 aliphatic rings. The number of fused-ring (bicyclic) bond motifs is 1. The molecule has 6 nitrogen and oxygen atoms in total. The van der Waals surface area contributed by atoms with E-state index in [1.165, 1.54) is 18.2 Å². The number of phenolic OH excluding ortho intramolecular Hbond substituents is 2. The van der Waals surface area contributed by atoms with Crippen LogP contribution < -0.4 is 5.32 Å². The Kier molecular flexibility index (Phi) is 2.49. The highest BCUT2D eigenvalue weighted by molar-refractivity contribution is 5.78. The molecular formula is C13H12N4O2. The largest absolute Gasteiger partial charge is 0.508 e. The van der Waals surface area contributed by atoms with Crippen LogP contribution in [0.25, 0.3) is 22.6 Å². The van der Waals surface area contributed by atoms with E-state index in [2.05, 4.69) is 20.3 Å². The van der Waals surface area contributed by atoms with Gasteiger partial charge in [0.05, 0.1) is 5.52 Å². The second kappa shape index (κ2) is 4.16. The van der Waals surface area contributed by atoms with E-state index in [9.17, 15) is 10.2 Å². The van der Waals surface area contributed by atoms with E-state index in [1.54, 1.807) is 7.05 Å². The fraction of sp³-hybridized carbons (Fsp3) is 0.0769. The van der Waals surface area contributed by atoms with Crippen LogP contribution in [0.5, 0.6) is 11.5 Å². The molecule has 96 valence electrons. The molecule has 0 spiro atoms. The number of hydrogen-bond acceptors (Lipinski definition) is 5. The first-order valence-electron chi connectivity index (χ1n) is 5.73. The first kappa shape index (κ1) is 11.3. The molecule has 0 saturated heterocycles. The average Bonchev–Trinajstić information content (AvgIpc) is 2.80. The average molecular weight is 256 g/mol. The van der Waals surface area contributed by atoms with Crippen molar-refractivity contribution in [1.29, 1.82) is 0 Å². The van der Waals surface area contributed by atoms with Crippen LogP contribution >= 0.6 is 0 Å². The van der Waals surface area contributed by atoms with Gasteiger partial charge in [0.25, 0.3) is 0 Å². The van der Waals surface area contributed by atoms with Crippen molar-refractivity contribution in [3.63, 3.8) is 0 Å². The molecule has 0 radical (unpaired) electrons. The van der Waals surface area contributed by atoms with Gasteiger partial charge in [-0.25, -0.2) is 9.97 Å². The third-order valence-corrected chi connectivity index (χ3v) is 2.78. The summed E-state index contributed by atoms with van der Waals surface area (Å²) in [7, 11) is 1.79. The van der Waals surface area contributed by atoms with Crippen LogP contribution in [0.3, 0.4) is 0 Å². The number of aromatic amines is 1. The quantitative estimate of drug-likeness (QED) is 0.563. The number of hydrogen-bond donors (Lipinski definition) is 4. The van der Waals surface area contributed by atoms with Crippen molar-refractivity contribution in [3.05, 3.63) is 30.3 Å². The molecule has 19 heavy (non-hydrogen) atoms. The Labute approximate surface area is 108 Å². The zero-order chi connectivity index (χ0) is 13.4. The van der Waals surface area contributed by atoms with Crippen molar-refractivity contribution in [2.24, 2.45) is 0 Å². The lowest BCUT2D eigenvalue weighted by atomic mass is 10.2. The highest BCUT2D eigenvalue weighted by Crippen LogP contribution is 2.28. The number of benzene rings is 1. The van der Waals surface area contributed by atoms with Gasteiger partial charge in [-0.3, -0.25) is 0 Å². The van der Waals surface area contributed by atoms with Gasteiger partial charge in [-0.05, 0) is 24.3 Å². The second-order valence-corrected chi connectivity index (χ2v) is 4.14. The number of aromatic hydroxyl groups is 2. The van der Waals surface area contributed by atoms with Crippen LogP contribution in [-0.4, -0.2) is 32.2 Å². The Morgan fingerprint density at radius 1 is 1.05 bits per heavy atom. The van der Waals surface area contributed by atoms with E-state index in [0.717, 1.165) is 11.3 Å². The molecule has 0 unspecified atom stereocenters. The fourth-order valence-corrected chi connectivity index (χ4v) is 1.90. The minimum Gasteiger partial charge on any atom is -0.508 e. The lowest BCUT2D eigenvalue weighted by molar-refractivity contribution is 0.451. The molecule has 2 aromatic heterocycles. The number of rotatable bonds is 2. The monoisotopic (exact) mass is 256 g/mol. The summed E-state index contributed by atoms with van der Waals surface area (Å²) in [5.41, 5.74) is 1.96. The first-order chi connectivity index (χ1) is 9.15. The summed E-state index contributed by atoms with van der Waals surface area (Å²) in [5, 5.41) is 21.9. The summed E-state index contributed by atoms with van der Waals surface area (Å²) in [4.78, 5) is 11.7. The smallest absolute Gasteiger partial charge is 0.180 e. The standard InChI is InChI=1S/C13H12N4O2/c1-14-11-3-2-10-13(16-11)17-12(15-10)7-4-8(18)6-9(19)5-7/h2-6,18-19H,1H3,(H2,14,15,16,17). The Hall–Kier alpha value is -2.76. The predicted molar refractivity (Wildman–Crippen MR) is 72.2 cm³/mol. The van der Waals surface area contributed by atoms with Gasteiger partial charge in [-0.1, -0.05) is 0 Å². The van der Waals surface area contributed by atoms with Crippen LogP contribution in [0.15, 0.2) is 30.3 Å². The van der Waals surface area contributed by atoms with Gasteiger partial charge in [0.1, 0.15) is 23.1 Å². The molecule has 0 atom stereocenters. The van der Waals surface area contributed by atoms with E-state index in [1.807, 2.05) is 12.1 Å². The van der Waals surface area contributed by atoms with Gasteiger partial charge in [-0.15, -0.1) is 0 Å². The second-order valence-electron chi connectivity index (χ2n) is 4.14. The molecule has 0 fully saturated rings. The van der Waals surface area contributed by atoms with Crippen molar-refractivity contribution in [3.8, 4) is 22.9 Å². The summed E-state index contributed by atoms with van der Waals surface area (Å²) in [6.45, 7) is 0. The van der Waals surface area contributed by atoms with Gasteiger partial charge in [0.15, 0.2) is 5.65 Å². The molecule has 0 bridgehead atoms. The summed E-state index contributed by atoms with van der Waals surface area (Å²) < 4.78 is 0. The van der Waals surface area contributed by atoms with Crippen molar-refractivity contribution in [1.82, 2.24) is 15.0 Å². The highest BCUT2D eigenvalue weighted by atomic mass is 16.3. The van der Waals surface area contributed by atoms with E-state index in [-0.39, 0.29) is 11.5 Å².